The number of nitrogens with zero attached hydrogens (tertiary/aromatic N) is 3. The van der Waals surface area contributed by atoms with Gasteiger partial charge < -0.3 is 19.1 Å². The lowest BCUT2D eigenvalue weighted by Gasteiger charge is -2.19. The predicted molar refractivity (Wildman–Crippen MR) is 125 cm³/mol. The van der Waals surface area contributed by atoms with Crippen molar-refractivity contribution in [1.29, 1.82) is 0 Å². The SMILES string of the molecule is COc1ccc(/C=C2/C(=O)N(/C=C3\C(=O)Oc4ccccc4C3=O)C(=NC(C)=O)N2C)cc1OC. The van der Waals surface area contributed by atoms with Crippen LogP contribution in [0.1, 0.15) is 22.8 Å². The van der Waals surface area contributed by atoms with E-state index in [9.17, 15) is 19.2 Å². The van der Waals surface area contributed by atoms with Gasteiger partial charge >= 0.3 is 5.97 Å². The van der Waals surface area contributed by atoms with Gasteiger partial charge in [-0.15, -0.1) is 0 Å². The maximum Gasteiger partial charge on any atom is 0.349 e. The topological polar surface area (TPSA) is 115 Å². The minimum Gasteiger partial charge on any atom is -0.493 e. The van der Waals surface area contributed by atoms with Crippen LogP contribution in [0.15, 0.2) is 64.9 Å². The van der Waals surface area contributed by atoms with Crippen LogP contribution >= 0.6 is 0 Å². The fourth-order valence-electron chi connectivity index (χ4n) is 3.65. The summed E-state index contributed by atoms with van der Waals surface area (Å²) in [6.07, 6.45) is 2.62. The number of rotatable bonds is 4. The van der Waals surface area contributed by atoms with Crippen LogP contribution in [-0.2, 0) is 14.4 Å². The van der Waals surface area contributed by atoms with Crippen molar-refractivity contribution in [2.75, 3.05) is 21.3 Å². The summed E-state index contributed by atoms with van der Waals surface area (Å²) >= 11 is 0. The molecular weight excluding hydrogens is 454 g/mol. The number of carbonyl (C=O) groups excluding carboxylic acids is 4. The van der Waals surface area contributed by atoms with E-state index in [1.165, 1.54) is 38.2 Å². The van der Waals surface area contributed by atoms with Crippen molar-refractivity contribution in [3.8, 4) is 17.2 Å². The van der Waals surface area contributed by atoms with Gasteiger partial charge in [-0.3, -0.25) is 19.3 Å². The number of carbonyl (C=O) groups is 4. The van der Waals surface area contributed by atoms with Gasteiger partial charge in [0.1, 0.15) is 17.0 Å². The standard InChI is InChI=1S/C25H21N3O7/c1-14(29)26-25-27(2)18(11-15-9-10-20(33-3)21(12-15)34-4)23(31)28(25)13-17-22(30)16-7-5-6-8-19(16)35-24(17)32/h5-13H,1-4H3/b17-13-,18-11-,26-25?. The Morgan fingerprint density at radius 3 is 2.43 bits per heavy atom. The van der Waals surface area contributed by atoms with Gasteiger partial charge in [0.05, 0.1) is 19.8 Å². The second kappa shape index (κ2) is 9.26. The Labute approximate surface area is 200 Å². The van der Waals surface area contributed by atoms with Crippen LogP contribution in [-0.4, -0.2) is 60.6 Å². The molecule has 0 radical (unpaired) electrons. The zero-order valence-electron chi connectivity index (χ0n) is 19.4. The van der Waals surface area contributed by atoms with E-state index in [0.717, 1.165) is 11.1 Å². The number of esters is 1. The number of likely N-dealkylation sites (N-methyl/N-ethyl adjacent to an activating group) is 1. The van der Waals surface area contributed by atoms with Crippen LogP contribution in [0.3, 0.4) is 0 Å². The second-order valence-electron chi connectivity index (χ2n) is 7.57. The van der Waals surface area contributed by atoms with E-state index in [-0.39, 0.29) is 28.5 Å². The molecule has 0 saturated carbocycles. The molecule has 0 spiro atoms. The van der Waals surface area contributed by atoms with Gasteiger partial charge in [-0.1, -0.05) is 18.2 Å². The minimum atomic E-state index is -0.913. The molecule has 2 aromatic rings. The van der Waals surface area contributed by atoms with Gasteiger partial charge in [-0.25, -0.2) is 4.79 Å². The number of methoxy groups -OCH3 is 2. The fraction of sp³-hybridized carbons (Fsp3) is 0.160. The van der Waals surface area contributed by atoms with Gasteiger partial charge in [0.15, 0.2) is 11.5 Å². The Hall–Kier alpha value is -4.73. The molecule has 0 bridgehead atoms. The van der Waals surface area contributed by atoms with E-state index < -0.39 is 23.6 Å². The highest BCUT2D eigenvalue weighted by molar-refractivity contribution is 6.28. The van der Waals surface area contributed by atoms with Crippen molar-refractivity contribution < 1.29 is 33.4 Å². The van der Waals surface area contributed by atoms with Gasteiger partial charge in [0.25, 0.3) is 5.91 Å². The maximum atomic E-state index is 13.4. The number of hydrogen-bond acceptors (Lipinski definition) is 7. The van der Waals surface area contributed by atoms with E-state index >= 15 is 0 Å². The Morgan fingerprint density at radius 2 is 1.74 bits per heavy atom. The average molecular weight is 475 g/mol. The first-order chi connectivity index (χ1) is 16.7. The smallest absolute Gasteiger partial charge is 0.349 e. The van der Waals surface area contributed by atoms with Crippen molar-refractivity contribution in [2.45, 2.75) is 6.92 Å². The Bertz CT molecular complexity index is 1360. The average Bonchev–Trinajstić information content (AvgIpc) is 3.05. The third-order valence-electron chi connectivity index (χ3n) is 5.34. The Kier molecular flexibility index (Phi) is 6.20. The number of aliphatic imine (C=N–C) groups is 1. The number of ketones is 1. The molecule has 1 saturated heterocycles. The highest BCUT2D eigenvalue weighted by Gasteiger charge is 2.39. The molecule has 10 heteroatoms. The first-order valence-electron chi connectivity index (χ1n) is 10.4. The monoisotopic (exact) mass is 475 g/mol. The first-order valence-corrected chi connectivity index (χ1v) is 10.4. The molecule has 1 fully saturated rings. The molecule has 0 aromatic heterocycles. The Morgan fingerprint density at radius 1 is 1.03 bits per heavy atom. The van der Waals surface area contributed by atoms with E-state index in [1.807, 2.05) is 0 Å². The molecule has 2 heterocycles. The molecule has 10 nitrogen and oxygen atoms in total. The quantitative estimate of drug-likeness (QED) is 0.287. The number of ether oxygens (including phenoxy) is 3. The lowest BCUT2D eigenvalue weighted by atomic mass is 10.0. The van der Waals surface area contributed by atoms with Crippen molar-refractivity contribution in [3.05, 3.63) is 71.1 Å². The second-order valence-corrected chi connectivity index (χ2v) is 7.57. The van der Waals surface area contributed by atoms with Crippen LogP contribution in [0.4, 0.5) is 0 Å². The summed E-state index contributed by atoms with van der Waals surface area (Å²) in [5, 5.41) is 0. The molecule has 4 rings (SSSR count). The van der Waals surface area contributed by atoms with Gasteiger partial charge in [-0.05, 0) is 35.9 Å². The molecule has 178 valence electrons. The number of guanidine groups is 1. The van der Waals surface area contributed by atoms with E-state index in [0.29, 0.717) is 17.1 Å². The number of Topliss-reactive ketones (excluding diaryl/α,β-unsaturated/α-hetero) is 1. The highest BCUT2D eigenvalue weighted by Crippen LogP contribution is 2.32. The molecule has 35 heavy (non-hydrogen) atoms. The zero-order chi connectivity index (χ0) is 25.3. The molecular formula is C25H21N3O7. The summed E-state index contributed by atoms with van der Waals surface area (Å²) < 4.78 is 15.8. The molecule has 2 aromatic carbocycles. The molecule has 0 unspecified atom stereocenters. The van der Waals surface area contributed by atoms with Crippen LogP contribution in [0.25, 0.3) is 6.08 Å². The summed E-state index contributed by atoms with van der Waals surface area (Å²) in [4.78, 5) is 57.0. The van der Waals surface area contributed by atoms with Gasteiger partial charge in [-0.2, -0.15) is 4.99 Å². The fourth-order valence-corrected chi connectivity index (χ4v) is 3.65. The third kappa shape index (κ3) is 4.29. The lowest BCUT2D eigenvalue weighted by Crippen LogP contribution is -2.33. The minimum absolute atomic E-state index is 0.0683. The Balaban J connectivity index is 1.78. The normalized spacial score (nSPS) is 18.9. The summed E-state index contributed by atoms with van der Waals surface area (Å²) in [5.41, 5.74) is 0.571. The summed E-state index contributed by atoms with van der Waals surface area (Å²) in [6.45, 7) is 1.23. The number of amides is 2. The van der Waals surface area contributed by atoms with Crippen molar-refractivity contribution >= 4 is 35.6 Å². The molecule has 0 aliphatic carbocycles. The molecule has 0 N–H and O–H groups in total. The van der Waals surface area contributed by atoms with Crippen molar-refractivity contribution in [3.63, 3.8) is 0 Å². The number of para-hydroxylation sites is 1. The molecule has 0 atom stereocenters. The highest BCUT2D eigenvalue weighted by atomic mass is 16.5. The summed E-state index contributed by atoms with van der Waals surface area (Å²) in [6, 6.07) is 11.4. The van der Waals surface area contributed by atoms with E-state index in [2.05, 4.69) is 4.99 Å². The third-order valence-corrected chi connectivity index (χ3v) is 5.34. The number of hydrogen-bond donors (Lipinski definition) is 0. The lowest BCUT2D eigenvalue weighted by molar-refractivity contribution is -0.130. The van der Waals surface area contributed by atoms with Crippen LogP contribution in [0, 0.1) is 0 Å². The molecule has 2 aliphatic rings. The molecule has 2 amide bonds. The van der Waals surface area contributed by atoms with Gasteiger partial charge in [0, 0.05) is 20.2 Å². The van der Waals surface area contributed by atoms with Crippen LogP contribution < -0.4 is 14.2 Å². The summed E-state index contributed by atoms with van der Waals surface area (Å²) in [7, 11) is 4.54. The predicted octanol–water partition coefficient (Wildman–Crippen LogP) is 2.41. The first kappa shape index (κ1) is 23.4. The van der Waals surface area contributed by atoms with E-state index in [4.69, 9.17) is 14.2 Å². The van der Waals surface area contributed by atoms with Gasteiger partial charge in [0.2, 0.25) is 17.6 Å². The van der Waals surface area contributed by atoms with Crippen LogP contribution in [0.5, 0.6) is 17.2 Å². The summed E-state index contributed by atoms with van der Waals surface area (Å²) in [5.74, 6) is -1.65. The van der Waals surface area contributed by atoms with Crippen molar-refractivity contribution in [1.82, 2.24) is 9.80 Å². The largest absolute Gasteiger partial charge is 0.493 e. The molecule has 2 aliphatic heterocycles. The van der Waals surface area contributed by atoms with Crippen molar-refractivity contribution in [2.24, 2.45) is 4.99 Å². The maximum absolute atomic E-state index is 13.4. The number of fused-ring (bicyclic) bond motifs is 1. The zero-order valence-corrected chi connectivity index (χ0v) is 19.4. The number of benzene rings is 2. The van der Waals surface area contributed by atoms with E-state index in [1.54, 1.807) is 43.5 Å². The van der Waals surface area contributed by atoms with Crippen LogP contribution in [0.2, 0.25) is 0 Å².